The van der Waals surface area contributed by atoms with E-state index in [4.69, 9.17) is 4.74 Å². The first-order valence-electron chi connectivity index (χ1n) is 8.72. The Balaban J connectivity index is 1.82. The maximum Gasteiger partial charge on any atom is 0.349 e. The normalized spacial score (nSPS) is 15.3. The summed E-state index contributed by atoms with van der Waals surface area (Å²) in [5.74, 6) is -0.868. The molecule has 0 saturated carbocycles. The second kappa shape index (κ2) is 8.27. The quantitative estimate of drug-likeness (QED) is 0.591. The minimum atomic E-state index is -0.968. The molecule has 5 nitrogen and oxygen atoms in total. The van der Waals surface area contributed by atoms with Gasteiger partial charge in [-0.15, -0.1) is 11.3 Å². The van der Waals surface area contributed by atoms with E-state index in [2.05, 4.69) is 0 Å². The van der Waals surface area contributed by atoms with Crippen molar-refractivity contribution in [2.24, 2.45) is 0 Å². The van der Waals surface area contributed by atoms with Gasteiger partial charge in [0.05, 0.1) is 4.88 Å². The number of carbonyl (C=O) groups excluding carboxylic acids is 3. The lowest BCUT2D eigenvalue weighted by Gasteiger charge is -2.30. The van der Waals surface area contributed by atoms with Crippen molar-refractivity contribution in [1.82, 2.24) is 4.90 Å². The highest BCUT2D eigenvalue weighted by Gasteiger charge is 2.31. The molecule has 1 fully saturated rings. The van der Waals surface area contributed by atoms with Crippen molar-refractivity contribution in [2.45, 2.75) is 32.3 Å². The van der Waals surface area contributed by atoms with E-state index in [1.807, 2.05) is 18.2 Å². The van der Waals surface area contributed by atoms with E-state index in [0.29, 0.717) is 28.4 Å². The van der Waals surface area contributed by atoms with Gasteiger partial charge in [0.1, 0.15) is 4.88 Å². The van der Waals surface area contributed by atoms with Gasteiger partial charge in [-0.1, -0.05) is 30.3 Å². The van der Waals surface area contributed by atoms with Crippen LogP contribution in [0.5, 0.6) is 0 Å². The number of esters is 1. The molecule has 6 heteroatoms. The van der Waals surface area contributed by atoms with Gasteiger partial charge >= 0.3 is 5.97 Å². The average molecular weight is 371 g/mol. The van der Waals surface area contributed by atoms with Crippen LogP contribution in [0, 0.1) is 0 Å². The number of thiophene rings is 1. The smallest absolute Gasteiger partial charge is 0.349 e. The molecule has 1 saturated heterocycles. The van der Waals surface area contributed by atoms with Crippen LogP contribution in [-0.4, -0.2) is 35.6 Å². The van der Waals surface area contributed by atoms with E-state index >= 15 is 0 Å². The van der Waals surface area contributed by atoms with Gasteiger partial charge in [0.25, 0.3) is 5.91 Å². The van der Waals surface area contributed by atoms with Crippen LogP contribution in [0.1, 0.15) is 57.2 Å². The number of Topliss-reactive ketones (excluding diaryl/α,β-unsaturated/α-hetero) is 1. The van der Waals surface area contributed by atoms with Crippen molar-refractivity contribution in [3.8, 4) is 0 Å². The van der Waals surface area contributed by atoms with Gasteiger partial charge in [-0.2, -0.15) is 0 Å². The molecule has 136 valence electrons. The molecule has 1 aromatic carbocycles. The first kappa shape index (κ1) is 18.3. The van der Waals surface area contributed by atoms with Crippen LogP contribution in [0.3, 0.4) is 0 Å². The van der Waals surface area contributed by atoms with Crippen LogP contribution in [0.2, 0.25) is 0 Å². The monoisotopic (exact) mass is 371 g/mol. The van der Waals surface area contributed by atoms with Gasteiger partial charge < -0.3 is 9.64 Å². The molecule has 0 N–H and O–H groups in total. The minimum Gasteiger partial charge on any atom is -0.443 e. The predicted molar refractivity (Wildman–Crippen MR) is 99.4 cm³/mol. The number of hydrogen-bond donors (Lipinski definition) is 0. The lowest BCUT2D eigenvalue weighted by Crippen LogP contribution is -2.40. The van der Waals surface area contributed by atoms with Crippen LogP contribution >= 0.6 is 11.3 Å². The molecule has 0 unspecified atom stereocenters. The van der Waals surface area contributed by atoms with Crippen molar-refractivity contribution >= 4 is 29.0 Å². The van der Waals surface area contributed by atoms with Crippen molar-refractivity contribution in [1.29, 1.82) is 0 Å². The Labute approximate surface area is 156 Å². The fourth-order valence-corrected chi connectivity index (χ4v) is 3.76. The number of amides is 1. The predicted octanol–water partition coefficient (Wildman–Crippen LogP) is 3.86. The van der Waals surface area contributed by atoms with Gasteiger partial charge in [-0.05, 0) is 38.3 Å². The number of benzene rings is 1. The molecule has 1 aliphatic rings. The molecule has 1 aromatic heterocycles. The fraction of sp³-hybridized carbons (Fsp3) is 0.350. The van der Waals surface area contributed by atoms with Crippen LogP contribution in [0.4, 0.5) is 0 Å². The van der Waals surface area contributed by atoms with Gasteiger partial charge in [0.2, 0.25) is 6.10 Å². The summed E-state index contributed by atoms with van der Waals surface area (Å²) in [7, 11) is 0. The number of ether oxygens (including phenoxy) is 1. The third-order valence-corrected chi connectivity index (χ3v) is 5.54. The summed E-state index contributed by atoms with van der Waals surface area (Å²) in [5, 5.41) is 0. The Morgan fingerprint density at radius 1 is 0.962 bits per heavy atom. The highest BCUT2D eigenvalue weighted by molar-refractivity contribution is 7.15. The van der Waals surface area contributed by atoms with Crippen molar-refractivity contribution < 1.29 is 19.1 Å². The molecule has 0 aliphatic carbocycles. The van der Waals surface area contributed by atoms with Crippen molar-refractivity contribution in [3.05, 3.63) is 57.8 Å². The third kappa shape index (κ3) is 4.19. The molecule has 26 heavy (non-hydrogen) atoms. The second-order valence-corrected chi connectivity index (χ2v) is 7.39. The Kier molecular flexibility index (Phi) is 5.83. The van der Waals surface area contributed by atoms with Crippen molar-refractivity contribution in [3.63, 3.8) is 0 Å². The summed E-state index contributed by atoms with van der Waals surface area (Å²) < 4.78 is 5.60. The Hall–Kier alpha value is -2.47. The Morgan fingerprint density at radius 3 is 2.23 bits per heavy atom. The maximum atomic E-state index is 13.0. The molecule has 1 amide bonds. The number of hydrogen-bond acceptors (Lipinski definition) is 5. The zero-order valence-electron chi connectivity index (χ0n) is 14.6. The molecule has 0 spiro atoms. The molecular formula is C20H21NO4S. The summed E-state index contributed by atoms with van der Waals surface area (Å²) in [5.41, 5.74) is 0.653. The van der Waals surface area contributed by atoms with Gasteiger partial charge in [-0.3, -0.25) is 9.59 Å². The molecular weight excluding hydrogens is 350 g/mol. The van der Waals surface area contributed by atoms with Gasteiger partial charge in [0.15, 0.2) is 5.78 Å². The van der Waals surface area contributed by atoms with E-state index in [-0.39, 0.29) is 11.7 Å². The molecule has 2 heterocycles. The summed E-state index contributed by atoms with van der Waals surface area (Å²) in [4.78, 5) is 39.6. The largest absolute Gasteiger partial charge is 0.443 e. The van der Waals surface area contributed by atoms with E-state index in [1.54, 1.807) is 29.2 Å². The lowest BCUT2D eigenvalue weighted by molar-refractivity contribution is -0.142. The zero-order chi connectivity index (χ0) is 18.5. The lowest BCUT2D eigenvalue weighted by atomic mass is 10.1. The zero-order valence-corrected chi connectivity index (χ0v) is 15.5. The molecule has 3 rings (SSSR count). The topological polar surface area (TPSA) is 63.7 Å². The van der Waals surface area contributed by atoms with Crippen molar-refractivity contribution in [2.75, 3.05) is 13.1 Å². The number of carbonyl (C=O) groups is 3. The molecule has 1 aliphatic heterocycles. The number of ketones is 1. The molecule has 0 radical (unpaired) electrons. The van der Waals surface area contributed by atoms with E-state index in [1.165, 1.54) is 6.92 Å². The molecule has 2 aromatic rings. The van der Waals surface area contributed by atoms with Crippen LogP contribution < -0.4 is 0 Å². The highest BCUT2D eigenvalue weighted by atomic mass is 32.1. The Bertz CT molecular complexity index is 793. The molecule has 0 bridgehead atoms. The van der Waals surface area contributed by atoms with Crippen LogP contribution in [0.25, 0.3) is 0 Å². The van der Waals surface area contributed by atoms with Crippen LogP contribution in [0.15, 0.2) is 42.5 Å². The number of likely N-dealkylation sites (tertiary alicyclic amines) is 1. The standard InChI is InChI=1S/C20H21NO4S/c1-14(22)16-10-11-17(26-16)20(24)25-18(15-8-4-2-5-9-15)19(23)21-12-6-3-7-13-21/h2,4-5,8-11,18H,3,6-7,12-13H2,1H3/t18-/m1/s1. The summed E-state index contributed by atoms with van der Waals surface area (Å²) in [6.45, 7) is 2.83. The number of nitrogens with zero attached hydrogens (tertiary/aromatic N) is 1. The SMILES string of the molecule is CC(=O)c1ccc(C(=O)O[C@@H](C(=O)N2CCCCC2)c2ccccc2)s1. The summed E-state index contributed by atoms with van der Waals surface area (Å²) >= 11 is 1.08. The van der Waals surface area contributed by atoms with Gasteiger partial charge in [-0.25, -0.2) is 4.79 Å². The fourth-order valence-electron chi connectivity index (χ4n) is 2.97. The highest BCUT2D eigenvalue weighted by Crippen LogP contribution is 2.26. The van der Waals surface area contributed by atoms with Gasteiger partial charge in [0, 0.05) is 18.7 Å². The maximum absolute atomic E-state index is 13.0. The van der Waals surface area contributed by atoms with E-state index in [9.17, 15) is 14.4 Å². The minimum absolute atomic E-state index is 0.0990. The third-order valence-electron chi connectivity index (χ3n) is 4.37. The second-order valence-electron chi connectivity index (χ2n) is 6.30. The number of piperidine rings is 1. The van der Waals surface area contributed by atoms with E-state index < -0.39 is 12.1 Å². The first-order chi connectivity index (χ1) is 12.6. The number of rotatable bonds is 5. The van der Waals surface area contributed by atoms with E-state index in [0.717, 1.165) is 30.6 Å². The van der Waals surface area contributed by atoms with Crippen LogP contribution in [-0.2, 0) is 9.53 Å². The summed E-state index contributed by atoms with van der Waals surface area (Å²) in [6.07, 6.45) is 2.08. The first-order valence-corrected chi connectivity index (χ1v) is 9.53. The molecule has 1 atom stereocenters. The summed E-state index contributed by atoms with van der Waals surface area (Å²) in [6, 6.07) is 12.2. The average Bonchev–Trinajstić information content (AvgIpc) is 3.17. The Morgan fingerprint density at radius 2 is 1.62 bits per heavy atom.